The Morgan fingerprint density at radius 2 is 2.15 bits per heavy atom. The van der Waals surface area contributed by atoms with Crippen molar-refractivity contribution in [1.82, 2.24) is 9.97 Å². The van der Waals surface area contributed by atoms with Gasteiger partial charge in [-0.3, -0.25) is 10.1 Å². The molecule has 1 aromatic heterocycles. The summed E-state index contributed by atoms with van der Waals surface area (Å²) in [5, 5.41) is 13.9. The van der Waals surface area contributed by atoms with E-state index in [1.165, 1.54) is 17.7 Å². The van der Waals surface area contributed by atoms with Gasteiger partial charge in [-0.15, -0.1) is 0 Å². The zero-order valence-electron chi connectivity index (χ0n) is 11.1. The lowest BCUT2D eigenvalue weighted by Crippen LogP contribution is -2.03. The van der Waals surface area contributed by atoms with Crippen LogP contribution in [0.2, 0.25) is 0 Å². The van der Waals surface area contributed by atoms with E-state index in [4.69, 9.17) is 0 Å². The molecular formula is C14H14N4O2. The SMILES string of the molecule is CNc1nc(-c2cccc([N+](=O)[O-])c2)nc2c1CCC2. The van der Waals surface area contributed by atoms with Crippen molar-refractivity contribution in [3.05, 3.63) is 45.6 Å². The van der Waals surface area contributed by atoms with Crippen LogP contribution in [-0.4, -0.2) is 21.9 Å². The molecule has 0 bridgehead atoms. The monoisotopic (exact) mass is 270 g/mol. The van der Waals surface area contributed by atoms with Gasteiger partial charge in [0, 0.05) is 36.0 Å². The van der Waals surface area contributed by atoms with Gasteiger partial charge in [0.25, 0.3) is 5.69 Å². The number of aromatic nitrogens is 2. The van der Waals surface area contributed by atoms with Crippen LogP contribution in [0.3, 0.4) is 0 Å². The van der Waals surface area contributed by atoms with Gasteiger partial charge in [0.15, 0.2) is 5.82 Å². The molecule has 0 fully saturated rings. The van der Waals surface area contributed by atoms with Gasteiger partial charge in [0.05, 0.1) is 4.92 Å². The molecule has 0 saturated carbocycles. The maximum atomic E-state index is 10.8. The third-order valence-electron chi connectivity index (χ3n) is 3.49. The highest BCUT2D eigenvalue weighted by atomic mass is 16.6. The highest BCUT2D eigenvalue weighted by molar-refractivity contribution is 5.63. The number of hydrogen-bond donors (Lipinski definition) is 1. The van der Waals surface area contributed by atoms with E-state index in [1.807, 2.05) is 7.05 Å². The largest absolute Gasteiger partial charge is 0.373 e. The van der Waals surface area contributed by atoms with E-state index in [-0.39, 0.29) is 5.69 Å². The quantitative estimate of drug-likeness (QED) is 0.684. The minimum Gasteiger partial charge on any atom is -0.373 e. The second kappa shape index (κ2) is 4.88. The second-order valence-electron chi connectivity index (χ2n) is 4.73. The zero-order valence-corrected chi connectivity index (χ0v) is 11.1. The van der Waals surface area contributed by atoms with E-state index in [9.17, 15) is 10.1 Å². The second-order valence-corrected chi connectivity index (χ2v) is 4.73. The molecule has 1 aromatic carbocycles. The van der Waals surface area contributed by atoms with Crippen molar-refractivity contribution >= 4 is 11.5 Å². The summed E-state index contributed by atoms with van der Waals surface area (Å²) < 4.78 is 0. The third kappa shape index (κ3) is 2.09. The Kier molecular flexibility index (Phi) is 3.06. The topological polar surface area (TPSA) is 81.0 Å². The first kappa shape index (κ1) is 12.5. The van der Waals surface area contributed by atoms with E-state index in [2.05, 4.69) is 15.3 Å². The van der Waals surface area contributed by atoms with Gasteiger partial charge >= 0.3 is 0 Å². The van der Waals surface area contributed by atoms with Crippen LogP contribution < -0.4 is 5.32 Å². The summed E-state index contributed by atoms with van der Waals surface area (Å²) in [7, 11) is 1.83. The molecule has 1 aliphatic rings. The first-order valence-electron chi connectivity index (χ1n) is 6.51. The molecule has 1 aliphatic carbocycles. The molecule has 1 heterocycles. The molecule has 1 N–H and O–H groups in total. The maximum absolute atomic E-state index is 10.8. The summed E-state index contributed by atoms with van der Waals surface area (Å²) in [6.07, 6.45) is 3.01. The van der Waals surface area contributed by atoms with Gasteiger partial charge in [-0.1, -0.05) is 12.1 Å². The molecule has 0 atom stereocenters. The lowest BCUT2D eigenvalue weighted by atomic mass is 10.1. The van der Waals surface area contributed by atoms with Gasteiger partial charge in [0.2, 0.25) is 0 Å². The Morgan fingerprint density at radius 1 is 1.30 bits per heavy atom. The molecule has 6 nitrogen and oxygen atoms in total. The Balaban J connectivity index is 2.11. The van der Waals surface area contributed by atoms with Crippen LogP contribution in [0, 0.1) is 10.1 Å². The van der Waals surface area contributed by atoms with Crippen LogP contribution in [0.25, 0.3) is 11.4 Å². The van der Waals surface area contributed by atoms with Crippen LogP contribution in [0.5, 0.6) is 0 Å². The number of nitrogens with zero attached hydrogens (tertiary/aromatic N) is 3. The Morgan fingerprint density at radius 3 is 2.90 bits per heavy atom. The molecule has 0 aliphatic heterocycles. The van der Waals surface area contributed by atoms with E-state index >= 15 is 0 Å². The molecule has 6 heteroatoms. The minimum absolute atomic E-state index is 0.0533. The zero-order chi connectivity index (χ0) is 14.1. The maximum Gasteiger partial charge on any atom is 0.270 e. The van der Waals surface area contributed by atoms with Crippen molar-refractivity contribution in [3.63, 3.8) is 0 Å². The number of benzene rings is 1. The predicted molar refractivity (Wildman–Crippen MR) is 75.7 cm³/mol. The number of hydrogen-bond acceptors (Lipinski definition) is 5. The summed E-state index contributed by atoms with van der Waals surface area (Å²) in [5.74, 6) is 1.37. The Labute approximate surface area is 116 Å². The lowest BCUT2D eigenvalue weighted by molar-refractivity contribution is -0.384. The van der Waals surface area contributed by atoms with Gasteiger partial charge in [0.1, 0.15) is 5.82 Å². The van der Waals surface area contributed by atoms with Crippen molar-refractivity contribution in [3.8, 4) is 11.4 Å². The van der Waals surface area contributed by atoms with Crippen LogP contribution in [0.4, 0.5) is 11.5 Å². The fourth-order valence-corrected chi connectivity index (χ4v) is 2.53. The Bertz CT molecular complexity index is 685. The fraction of sp³-hybridized carbons (Fsp3) is 0.286. The van der Waals surface area contributed by atoms with Crippen molar-refractivity contribution in [2.75, 3.05) is 12.4 Å². The molecule has 102 valence electrons. The van der Waals surface area contributed by atoms with E-state index in [1.54, 1.807) is 12.1 Å². The summed E-state index contributed by atoms with van der Waals surface area (Å²) in [5.41, 5.74) is 2.94. The molecule has 2 aromatic rings. The summed E-state index contributed by atoms with van der Waals surface area (Å²) >= 11 is 0. The van der Waals surface area contributed by atoms with Crippen molar-refractivity contribution in [1.29, 1.82) is 0 Å². The smallest absolute Gasteiger partial charge is 0.270 e. The van der Waals surface area contributed by atoms with Crippen LogP contribution in [0.15, 0.2) is 24.3 Å². The summed E-state index contributed by atoms with van der Waals surface area (Å²) in [6.45, 7) is 0. The number of non-ortho nitro benzene ring substituents is 1. The van der Waals surface area contributed by atoms with E-state index in [0.717, 1.165) is 30.8 Å². The number of anilines is 1. The number of rotatable bonds is 3. The summed E-state index contributed by atoms with van der Waals surface area (Å²) in [4.78, 5) is 19.5. The van der Waals surface area contributed by atoms with Gasteiger partial charge in [-0.05, 0) is 19.3 Å². The van der Waals surface area contributed by atoms with Crippen LogP contribution in [0.1, 0.15) is 17.7 Å². The first-order chi connectivity index (χ1) is 9.69. The number of nitrogens with one attached hydrogen (secondary N) is 1. The lowest BCUT2D eigenvalue weighted by Gasteiger charge is -2.09. The van der Waals surface area contributed by atoms with Crippen LogP contribution in [-0.2, 0) is 12.8 Å². The Hall–Kier alpha value is -2.50. The molecule has 0 unspecified atom stereocenters. The summed E-state index contributed by atoms with van der Waals surface area (Å²) in [6, 6.07) is 6.43. The minimum atomic E-state index is -0.407. The average molecular weight is 270 g/mol. The van der Waals surface area contributed by atoms with Gasteiger partial charge in [-0.2, -0.15) is 0 Å². The predicted octanol–water partition coefficient (Wildman–Crippen LogP) is 2.58. The molecule has 3 rings (SSSR count). The third-order valence-corrected chi connectivity index (χ3v) is 3.49. The average Bonchev–Trinajstić information content (AvgIpc) is 2.94. The molecule has 20 heavy (non-hydrogen) atoms. The van der Waals surface area contributed by atoms with Crippen molar-refractivity contribution in [2.45, 2.75) is 19.3 Å². The molecule has 0 spiro atoms. The fourth-order valence-electron chi connectivity index (χ4n) is 2.53. The number of nitro groups is 1. The highest BCUT2D eigenvalue weighted by Gasteiger charge is 2.19. The first-order valence-corrected chi connectivity index (χ1v) is 6.51. The van der Waals surface area contributed by atoms with Crippen LogP contribution >= 0.6 is 0 Å². The molecular weight excluding hydrogens is 256 g/mol. The molecule has 0 amide bonds. The number of nitro benzene ring substituents is 1. The molecule has 0 radical (unpaired) electrons. The van der Waals surface area contributed by atoms with Gasteiger partial charge < -0.3 is 5.32 Å². The number of fused-ring (bicyclic) bond motifs is 1. The standard InChI is InChI=1S/C14H14N4O2/c1-15-14-11-6-3-7-12(11)16-13(17-14)9-4-2-5-10(8-9)18(19)20/h2,4-5,8H,3,6-7H2,1H3,(H,15,16,17). The van der Waals surface area contributed by atoms with E-state index < -0.39 is 4.92 Å². The van der Waals surface area contributed by atoms with Gasteiger partial charge in [-0.25, -0.2) is 9.97 Å². The van der Waals surface area contributed by atoms with Crippen molar-refractivity contribution < 1.29 is 4.92 Å². The van der Waals surface area contributed by atoms with Crippen molar-refractivity contribution in [2.24, 2.45) is 0 Å². The normalized spacial score (nSPS) is 13.1. The molecule has 0 saturated heterocycles. The van der Waals surface area contributed by atoms with E-state index in [0.29, 0.717) is 11.4 Å². The highest BCUT2D eigenvalue weighted by Crippen LogP contribution is 2.29. The number of aryl methyl sites for hydroxylation is 1.